The average molecular weight is 271 g/mol. The number of hydrogen-bond donors (Lipinski definition) is 3. The number of fused-ring (bicyclic) bond motifs is 1. The van der Waals surface area contributed by atoms with E-state index in [0.29, 0.717) is 12.1 Å². The molecule has 0 saturated heterocycles. The van der Waals surface area contributed by atoms with Crippen LogP contribution in [0.3, 0.4) is 0 Å². The van der Waals surface area contributed by atoms with E-state index >= 15 is 0 Å². The minimum Gasteiger partial charge on any atom is -0.476 e. The topological polar surface area (TPSA) is 105 Å². The number of nitrogens with zero attached hydrogens (tertiary/aromatic N) is 1. The third-order valence-corrected chi connectivity index (χ3v) is 3.55. The van der Waals surface area contributed by atoms with Crippen LogP contribution in [0.1, 0.15) is 12.0 Å². The summed E-state index contributed by atoms with van der Waals surface area (Å²) in [5.41, 5.74) is 7.25. The number of carboxylic acid groups (broad SMARTS) is 1. The van der Waals surface area contributed by atoms with Crippen molar-refractivity contribution in [3.63, 3.8) is 0 Å². The van der Waals surface area contributed by atoms with Crippen molar-refractivity contribution in [1.29, 1.82) is 0 Å². The number of carbonyl (C=O) groups excluding carboxylic acids is 1. The lowest BCUT2D eigenvalue weighted by molar-refractivity contribution is -0.132. The van der Waals surface area contributed by atoms with Crippen LogP contribution in [0.15, 0.2) is 40.7 Å². The average Bonchev–Trinajstić information content (AvgIpc) is 3.20. The fourth-order valence-electron chi connectivity index (χ4n) is 2.40. The number of rotatable bonds is 3. The number of anilines is 1. The van der Waals surface area contributed by atoms with Gasteiger partial charge in [-0.1, -0.05) is 18.2 Å². The Balaban J connectivity index is 2.02. The standard InChI is InChI=1S/C14H13N3O3/c15-13(18)9-5-8(9)11-12(14(19)20)16-6-7-3-1-2-4-10(7)17-11/h1-4,6,8-9,17H,5H2,(H2,15,18)(H,19,20). The molecule has 3 rings (SSSR count). The summed E-state index contributed by atoms with van der Waals surface area (Å²) in [4.78, 5) is 26.6. The van der Waals surface area contributed by atoms with E-state index in [2.05, 4.69) is 10.3 Å². The fraction of sp³-hybridized carbons (Fsp3) is 0.214. The predicted octanol–water partition coefficient (Wildman–Crippen LogP) is 0.949. The van der Waals surface area contributed by atoms with E-state index in [1.54, 1.807) is 0 Å². The minimum atomic E-state index is -1.12. The summed E-state index contributed by atoms with van der Waals surface area (Å²) in [6.07, 6.45) is 2.08. The second kappa shape index (κ2) is 4.48. The number of nitrogens with one attached hydrogen (secondary N) is 1. The van der Waals surface area contributed by atoms with Gasteiger partial charge in [0.2, 0.25) is 5.91 Å². The van der Waals surface area contributed by atoms with Crippen LogP contribution in [-0.2, 0) is 9.59 Å². The third kappa shape index (κ3) is 2.05. The molecule has 0 radical (unpaired) electrons. The van der Waals surface area contributed by atoms with Gasteiger partial charge < -0.3 is 16.2 Å². The molecule has 0 spiro atoms. The number of carbonyl (C=O) groups is 2. The van der Waals surface area contributed by atoms with Gasteiger partial charge in [0, 0.05) is 29.3 Å². The molecule has 6 heteroatoms. The second-order valence-electron chi connectivity index (χ2n) is 4.89. The number of aliphatic imine (C=N–C) groups is 1. The van der Waals surface area contributed by atoms with E-state index in [-0.39, 0.29) is 17.5 Å². The molecule has 102 valence electrons. The fourth-order valence-corrected chi connectivity index (χ4v) is 2.40. The lowest BCUT2D eigenvalue weighted by Crippen LogP contribution is -2.17. The zero-order valence-corrected chi connectivity index (χ0v) is 10.5. The maximum absolute atomic E-state index is 11.3. The smallest absolute Gasteiger partial charge is 0.356 e. The van der Waals surface area contributed by atoms with Crippen LogP contribution >= 0.6 is 0 Å². The van der Waals surface area contributed by atoms with Gasteiger partial charge >= 0.3 is 5.97 Å². The first kappa shape index (κ1) is 12.4. The predicted molar refractivity (Wildman–Crippen MR) is 73.1 cm³/mol. The Bertz CT molecular complexity index is 663. The summed E-state index contributed by atoms with van der Waals surface area (Å²) in [6.45, 7) is 0. The molecule has 4 N–H and O–H groups in total. The van der Waals surface area contributed by atoms with Crippen molar-refractivity contribution < 1.29 is 14.7 Å². The summed E-state index contributed by atoms with van der Waals surface area (Å²) < 4.78 is 0. The third-order valence-electron chi connectivity index (χ3n) is 3.55. The van der Waals surface area contributed by atoms with Gasteiger partial charge in [0.05, 0.1) is 5.70 Å². The highest BCUT2D eigenvalue weighted by Crippen LogP contribution is 2.46. The highest BCUT2D eigenvalue weighted by atomic mass is 16.4. The maximum atomic E-state index is 11.3. The number of hydrogen-bond acceptors (Lipinski definition) is 4. The van der Waals surface area contributed by atoms with Crippen molar-refractivity contribution in [1.82, 2.24) is 0 Å². The summed E-state index contributed by atoms with van der Waals surface area (Å²) in [7, 11) is 0. The Hall–Kier alpha value is -2.63. The first-order valence-corrected chi connectivity index (χ1v) is 6.25. The molecule has 2 unspecified atom stereocenters. The van der Waals surface area contributed by atoms with E-state index in [1.807, 2.05) is 24.3 Å². The zero-order chi connectivity index (χ0) is 14.3. The van der Waals surface area contributed by atoms with Gasteiger partial charge in [-0.15, -0.1) is 0 Å². The molecule has 1 aromatic rings. The van der Waals surface area contributed by atoms with Gasteiger partial charge in [-0.2, -0.15) is 0 Å². The van der Waals surface area contributed by atoms with Gasteiger partial charge in [0.25, 0.3) is 0 Å². The lowest BCUT2D eigenvalue weighted by atomic mass is 10.1. The van der Waals surface area contributed by atoms with Gasteiger partial charge in [-0.05, 0) is 12.5 Å². The van der Waals surface area contributed by atoms with Crippen LogP contribution in [0.4, 0.5) is 5.69 Å². The highest BCUT2D eigenvalue weighted by molar-refractivity contribution is 5.97. The molecule has 20 heavy (non-hydrogen) atoms. The van der Waals surface area contributed by atoms with Gasteiger partial charge in [0.1, 0.15) is 0 Å². The molecule has 0 aromatic heterocycles. The molecular weight excluding hydrogens is 258 g/mol. The summed E-state index contributed by atoms with van der Waals surface area (Å²) >= 11 is 0. The Kier molecular flexibility index (Phi) is 2.78. The van der Waals surface area contributed by atoms with Crippen LogP contribution in [0.2, 0.25) is 0 Å². The number of primary amides is 1. The number of nitrogens with two attached hydrogens (primary N) is 1. The number of aliphatic carboxylic acids is 1. The molecule has 1 amide bonds. The molecule has 1 aliphatic carbocycles. The molecule has 1 aromatic carbocycles. The molecule has 1 heterocycles. The molecule has 1 saturated carbocycles. The van der Waals surface area contributed by atoms with Crippen molar-refractivity contribution >= 4 is 23.8 Å². The quantitative estimate of drug-likeness (QED) is 0.761. The van der Waals surface area contributed by atoms with Crippen molar-refractivity contribution in [2.45, 2.75) is 6.42 Å². The molecule has 2 atom stereocenters. The largest absolute Gasteiger partial charge is 0.476 e. The van der Waals surface area contributed by atoms with Crippen molar-refractivity contribution in [3.8, 4) is 0 Å². The first-order chi connectivity index (χ1) is 9.58. The van der Waals surface area contributed by atoms with E-state index in [4.69, 9.17) is 5.73 Å². The molecule has 1 aliphatic heterocycles. The van der Waals surface area contributed by atoms with E-state index < -0.39 is 11.9 Å². The Morgan fingerprint density at radius 1 is 1.35 bits per heavy atom. The molecular formula is C14H13N3O3. The number of para-hydroxylation sites is 1. The number of amides is 1. The monoisotopic (exact) mass is 271 g/mol. The second-order valence-corrected chi connectivity index (χ2v) is 4.89. The molecule has 2 aliphatic rings. The van der Waals surface area contributed by atoms with E-state index in [9.17, 15) is 14.7 Å². The Labute approximate surface area is 115 Å². The zero-order valence-electron chi connectivity index (χ0n) is 10.5. The summed E-state index contributed by atoms with van der Waals surface area (Å²) in [5, 5.41) is 12.4. The maximum Gasteiger partial charge on any atom is 0.356 e. The van der Waals surface area contributed by atoms with Crippen LogP contribution in [0.5, 0.6) is 0 Å². The first-order valence-electron chi connectivity index (χ1n) is 6.25. The van der Waals surface area contributed by atoms with Crippen molar-refractivity contribution in [3.05, 3.63) is 41.2 Å². The summed E-state index contributed by atoms with van der Waals surface area (Å²) in [6, 6.07) is 7.38. The lowest BCUT2D eigenvalue weighted by Gasteiger charge is -2.11. The Morgan fingerprint density at radius 3 is 2.75 bits per heavy atom. The highest BCUT2D eigenvalue weighted by Gasteiger charge is 2.46. The van der Waals surface area contributed by atoms with Crippen LogP contribution in [0, 0.1) is 11.8 Å². The normalized spacial score (nSPS) is 23.6. The minimum absolute atomic E-state index is 0.0602. The number of benzene rings is 1. The van der Waals surface area contributed by atoms with E-state index in [1.165, 1.54) is 6.21 Å². The van der Waals surface area contributed by atoms with E-state index in [0.717, 1.165) is 11.3 Å². The van der Waals surface area contributed by atoms with Crippen LogP contribution in [0.25, 0.3) is 0 Å². The van der Waals surface area contributed by atoms with Crippen LogP contribution in [-0.4, -0.2) is 23.2 Å². The summed E-state index contributed by atoms with van der Waals surface area (Å²) in [5.74, 6) is -2.03. The molecule has 0 bridgehead atoms. The molecule has 6 nitrogen and oxygen atoms in total. The van der Waals surface area contributed by atoms with Crippen LogP contribution < -0.4 is 11.1 Å². The Morgan fingerprint density at radius 2 is 2.10 bits per heavy atom. The van der Waals surface area contributed by atoms with Crippen molar-refractivity contribution in [2.24, 2.45) is 22.6 Å². The van der Waals surface area contributed by atoms with Crippen molar-refractivity contribution in [2.75, 3.05) is 5.32 Å². The number of carboxylic acids is 1. The van der Waals surface area contributed by atoms with Gasteiger partial charge in [0.15, 0.2) is 5.70 Å². The van der Waals surface area contributed by atoms with Gasteiger partial charge in [-0.3, -0.25) is 4.79 Å². The SMILES string of the molecule is NC(=O)C1CC1C1=C(C(=O)O)N=Cc2ccccc2N1. The van der Waals surface area contributed by atoms with Gasteiger partial charge in [-0.25, -0.2) is 9.79 Å². The number of allylic oxidation sites excluding steroid dienone is 1. The molecule has 1 fully saturated rings.